The third-order valence-electron chi connectivity index (χ3n) is 5.37. The zero-order valence-electron chi connectivity index (χ0n) is 14.0. The minimum absolute atomic E-state index is 0.120. The largest absolute Gasteiger partial charge is 0.332 e. The Labute approximate surface area is 154 Å². The SMILES string of the molecule is O=C1c2ccccc2C(=O)c2c1cccc2N1C(=O)N[C@H]2CS(=O)(=O)C[C@@H]21. The van der Waals surface area contributed by atoms with Crippen molar-refractivity contribution in [2.24, 2.45) is 0 Å². The zero-order chi connectivity index (χ0) is 18.9. The molecule has 1 N–H and O–H groups in total. The summed E-state index contributed by atoms with van der Waals surface area (Å²) in [5.74, 6) is -0.908. The van der Waals surface area contributed by atoms with E-state index in [1.54, 1.807) is 42.5 Å². The number of hydrogen-bond acceptors (Lipinski definition) is 5. The molecule has 8 heteroatoms. The second-order valence-electron chi connectivity index (χ2n) is 6.97. The van der Waals surface area contributed by atoms with Crippen LogP contribution < -0.4 is 10.2 Å². The van der Waals surface area contributed by atoms with Crippen LogP contribution in [0.4, 0.5) is 10.5 Å². The molecule has 0 bridgehead atoms. The van der Waals surface area contributed by atoms with Crippen LogP contribution in [-0.2, 0) is 9.84 Å². The molecule has 3 aliphatic rings. The van der Waals surface area contributed by atoms with Gasteiger partial charge in [-0.1, -0.05) is 36.4 Å². The summed E-state index contributed by atoms with van der Waals surface area (Å²) in [6, 6.07) is 9.77. The molecule has 0 unspecified atom stereocenters. The van der Waals surface area contributed by atoms with Gasteiger partial charge in [-0.25, -0.2) is 13.2 Å². The molecule has 2 aromatic carbocycles. The van der Waals surface area contributed by atoms with Crippen molar-refractivity contribution in [3.8, 4) is 0 Å². The number of nitrogens with one attached hydrogen (secondary N) is 1. The summed E-state index contributed by atoms with van der Waals surface area (Å²) in [7, 11) is -3.27. The van der Waals surface area contributed by atoms with E-state index in [0.717, 1.165) is 0 Å². The van der Waals surface area contributed by atoms with Crippen LogP contribution in [0.2, 0.25) is 0 Å². The monoisotopic (exact) mass is 382 g/mol. The molecular formula is C19H14N2O5S. The van der Waals surface area contributed by atoms with Crippen LogP contribution in [0.5, 0.6) is 0 Å². The number of anilines is 1. The number of hydrogen-bond donors (Lipinski definition) is 1. The van der Waals surface area contributed by atoms with E-state index >= 15 is 0 Å². The van der Waals surface area contributed by atoms with Crippen LogP contribution in [0.15, 0.2) is 42.5 Å². The minimum Gasteiger partial charge on any atom is -0.332 e. The van der Waals surface area contributed by atoms with Crippen molar-refractivity contribution in [3.63, 3.8) is 0 Å². The van der Waals surface area contributed by atoms with Gasteiger partial charge in [0.15, 0.2) is 21.4 Å². The Morgan fingerprint density at radius 3 is 2.26 bits per heavy atom. The number of carbonyl (C=O) groups excluding carboxylic acids is 3. The molecule has 0 spiro atoms. The zero-order valence-corrected chi connectivity index (χ0v) is 14.8. The van der Waals surface area contributed by atoms with Crippen molar-refractivity contribution in [2.75, 3.05) is 16.4 Å². The van der Waals surface area contributed by atoms with Crippen LogP contribution in [0.3, 0.4) is 0 Å². The van der Waals surface area contributed by atoms with E-state index in [4.69, 9.17) is 0 Å². The molecule has 0 aromatic heterocycles. The smallest absolute Gasteiger partial charge is 0.322 e. The van der Waals surface area contributed by atoms with Crippen molar-refractivity contribution in [1.29, 1.82) is 0 Å². The maximum atomic E-state index is 13.1. The van der Waals surface area contributed by atoms with E-state index in [1.165, 1.54) is 4.90 Å². The summed E-state index contributed by atoms with van der Waals surface area (Å²) in [5.41, 5.74) is 1.29. The molecule has 7 nitrogen and oxygen atoms in total. The topological polar surface area (TPSA) is 101 Å². The third-order valence-corrected chi connectivity index (χ3v) is 7.09. The van der Waals surface area contributed by atoms with Crippen molar-refractivity contribution in [3.05, 3.63) is 64.7 Å². The molecule has 0 radical (unpaired) electrons. The first-order valence-electron chi connectivity index (χ1n) is 8.49. The third kappa shape index (κ3) is 2.19. The molecule has 2 fully saturated rings. The molecule has 27 heavy (non-hydrogen) atoms. The molecule has 2 amide bonds. The van der Waals surface area contributed by atoms with Crippen LogP contribution >= 0.6 is 0 Å². The Hall–Kier alpha value is -3.00. The van der Waals surface area contributed by atoms with E-state index < -0.39 is 28.0 Å². The van der Waals surface area contributed by atoms with Gasteiger partial charge in [0.1, 0.15) is 0 Å². The number of nitrogens with zero attached hydrogens (tertiary/aromatic N) is 1. The molecule has 2 aromatic rings. The number of benzene rings is 2. The van der Waals surface area contributed by atoms with E-state index in [-0.39, 0.29) is 45.4 Å². The highest BCUT2D eigenvalue weighted by Gasteiger charge is 2.50. The molecule has 5 rings (SSSR count). The quantitative estimate of drug-likeness (QED) is 0.637. The average Bonchev–Trinajstić information content (AvgIpc) is 3.08. The lowest BCUT2D eigenvalue weighted by atomic mass is 9.83. The fraction of sp³-hybridized carbons (Fsp3) is 0.211. The second-order valence-corrected chi connectivity index (χ2v) is 9.13. The van der Waals surface area contributed by atoms with Gasteiger partial charge in [-0.15, -0.1) is 0 Å². The number of rotatable bonds is 1. The van der Waals surface area contributed by atoms with E-state index in [1.807, 2.05) is 0 Å². The maximum Gasteiger partial charge on any atom is 0.322 e. The molecule has 2 aliphatic heterocycles. The number of fused-ring (bicyclic) bond motifs is 3. The standard InChI is InChI=1S/C19H14N2O5S/c22-17-10-4-1-2-5-11(10)18(23)16-12(17)6-3-7-14(16)21-15-9-27(25,26)8-13(15)20-19(21)24/h1-7,13,15H,8-9H2,(H,20,24)/t13-,15-/m0/s1. The fourth-order valence-electron chi connectivity index (χ4n) is 4.22. The van der Waals surface area contributed by atoms with Crippen LogP contribution in [-0.4, -0.2) is 49.6 Å². The van der Waals surface area contributed by atoms with E-state index in [0.29, 0.717) is 5.56 Å². The summed E-state index contributed by atoms with van der Waals surface area (Å²) < 4.78 is 24.0. The number of amides is 2. The predicted octanol–water partition coefficient (Wildman–Crippen LogP) is 1.16. The molecule has 2 atom stereocenters. The fourth-order valence-corrected chi connectivity index (χ4v) is 6.11. The second kappa shape index (κ2) is 5.26. The van der Waals surface area contributed by atoms with Gasteiger partial charge < -0.3 is 5.32 Å². The summed E-state index contributed by atoms with van der Waals surface area (Å²) in [5, 5.41) is 2.68. The number of ketones is 2. The van der Waals surface area contributed by atoms with Crippen molar-refractivity contribution in [1.82, 2.24) is 5.32 Å². The summed E-state index contributed by atoms with van der Waals surface area (Å²) >= 11 is 0. The normalized spacial score (nSPS) is 25.0. The van der Waals surface area contributed by atoms with Crippen LogP contribution in [0.25, 0.3) is 0 Å². The number of carbonyl (C=O) groups is 3. The first-order valence-corrected chi connectivity index (χ1v) is 10.3. The van der Waals surface area contributed by atoms with E-state index in [9.17, 15) is 22.8 Å². The lowest BCUT2D eigenvalue weighted by molar-refractivity contribution is 0.0979. The van der Waals surface area contributed by atoms with Crippen molar-refractivity contribution < 1.29 is 22.8 Å². The van der Waals surface area contributed by atoms with Gasteiger partial charge in [0.25, 0.3) is 0 Å². The van der Waals surface area contributed by atoms with E-state index in [2.05, 4.69) is 5.32 Å². The van der Waals surface area contributed by atoms with Gasteiger partial charge in [0.2, 0.25) is 0 Å². The summed E-state index contributed by atoms with van der Waals surface area (Å²) in [6.07, 6.45) is 0. The highest BCUT2D eigenvalue weighted by Crippen LogP contribution is 2.37. The Balaban J connectivity index is 1.69. The predicted molar refractivity (Wildman–Crippen MR) is 97.0 cm³/mol. The van der Waals surface area contributed by atoms with Crippen LogP contribution in [0.1, 0.15) is 31.8 Å². The summed E-state index contributed by atoms with van der Waals surface area (Å²) in [4.78, 5) is 39.9. The summed E-state index contributed by atoms with van der Waals surface area (Å²) in [6.45, 7) is 0. The molecule has 2 saturated heterocycles. The molecule has 2 heterocycles. The maximum absolute atomic E-state index is 13.1. The van der Waals surface area contributed by atoms with Gasteiger partial charge >= 0.3 is 6.03 Å². The van der Waals surface area contributed by atoms with Gasteiger partial charge in [0.05, 0.1) is 34.8 Å². The molecule has 136 valence electrons. The van der Waals surface area contributed by atoms with Crippen molar-refractivity contribution >= 4 is 33.1 Å². The first-order chi connectivity index (χ1) is 12.9. The van der Waals surface area contributed by atoms with Crippen LogP contribution in [0, 0.1) is 0 Å². The minimum atomic E-state index is -3.27. The van der Waals surface area contributed by atoms with Gasteiger partial charge in [0, 0.05) is 16.7 Å². The lowest BCUT2D eigenvalue weighted by Crippen LogP contribution is -2.38. The Morgan fingerprint density at radius 2 is 1.52 bits per heavy atom. The number of urea groups is 1. The molecule has 0 saturated carbocycles. The van der Waals surface area contributed by atoms with Crippen molar-refractivity contribution in [2.45, 2.75) is 12.1 Å². The average molecular weight is 382 g/mol. The Kier molecular flexibility index (Phi) is 3.16. The van der Waals surface area contributed by atoms with Gasteiger partial charge in [-0.2, -0.15) is 0 Å². The lowest BCUT2D eigenvalue weighted by Gasteiger charge is -2.27. The highest BCUT2D eigenvalue weighted by atomic mass is 32.2. The molecular weight excluding hydrogens is 368 g/mol. The van der Waals surface area contributed by atoms with Gasteiger partial charge in [-0.3, -0.25) is 14.5 Å². The Bertz CT molecular complexity index is 1150. The van der Waals surface area contributed by atoms with Gasteiger partial charge in [-0.05, 0) is 6.07 Å². The highest BCUT2D eigenvalue weighted by molar-refractivity contribution is 7.91. The molecule has 1 aliphatic carbocycles. The number of sulfone groups is 1. The Morgan fingerprint density at radius 1 is 0.852 bits per heavy atom. The first kappa shape index (κ1) is 16.2.